The van der Waals surface area contributed by atoms with Crippen LogP contribution in [0.15, 0.2) is 28.0 Å². The second kappa shape index (κ2) is 6.06. The number of nitrogens with one attached hydrogen (secondary N) is 1. The third kappa shape index (κ3) is 4.42. The van der Waals surface area contributed by atoms with Gasteiger partial charge in [-0.25, -0.2) is 16.8 Å². The maximum atomic E-state index is 11.8. The van der Waals surface area contributed by atoms with Crippen LogP contribution in [0.25, 0.3) is 0 Å². The van der Waals surface area contributed by atoms with Gasteiger partial charge in [-0.15, -0.1) is 0 Å². The zero-order valence-electron chi connectivity index (χ0n) is 10.2. The van der Waals surface area contributed by atoms with Crippen LogP contribution in [0.5, 0.6) is 0 Å². The number of benzene rings is 1. The fraction of sp³-hybridized carbons (Fsp3) is 0.222. The third-order valence-corrected chi connectivity index (χ3v) is 4.81. The summed E-state index contributed by atoms with van der Waals surface area (Å²) in [7, 11) is -7.85. The van der Waals surface area contributed by atoms with Gasteiger partial charge in [0.05, 0.1) is 9.92 Å². The number of sulfonamides is 1. The molecule has 1 aromatic rings. The lowest BCUT2D eigenvalue weighted by Crippen LogP contribution is -2.29. The number of primary amides is 1. The fourth-order valence-electron chi connectivity index (χ4n) is 1.14. The first-order valence-corrected chi connectivity index (χ1v) is 8.71. The van der Waals surface area contributed by atoms with Crippen LogP contribution in [0, 0.1) is 0 Å². The van der Waals surface area contributed by atoms with Crippen LogP contribution in [0.4, 0.5) is 0 Å². The monoisotopic (exact) mass is 342 g/mol. The molecule has 112 valence electrons. The smallest absolute Gasteiger partial charge is 0.264 e. The van der Waals surface area contributed by atoms with Crippen molar-refractivity contribution in [1.82, 2.24) is 4.89 Å². The number of sulfone groups is 1. The first-order valence-electron chi connectivity index (χ1n) is 4.95. The summed E-state index contributed by atoms with van der Waals surface area (Å²) in [4.78, 5) is 15.7. The Morgan fingerprint density at radius 3 is 2.45 bits per heavy atom. The first-order chi connectivity index (χ1) is 9.04. The average Bonchev–Trinajstić information content (AvgIpc) is 2.26. The molecule has 0 aliphatic heterocycles. The Morgan fingerprint density at radius 1 is 1.35 bits per heavy atom. The van der Waals surface area contributed by atoms with Gasteiger partial charge >= 0.3 is 0 Å². The Bertz CT molecular complexity index is 729. The quantitative estimate of drug-likeness (QED) is 0.666. The standard InChI is InChI=1S/C9H11ClN2O6S2/c1-19(14,15)6-2-3-7(10)8(4-6)20(16,17)12-18-5-9(11)13/h2-4,12H,5H2,1H3,(H2,11,13). The van der Waals surface area contributed by atoms with E-state index in [1.165, 1.54) is 6.07 Å². The summed E-state index contributed by atoms with van der Waals surface area (Å²) in [6, 6.07) is 3.18. The summed E-state index contributed by atoms with van der Waals surface area (Å²) in [6.07, 6.45) is 0.920. The van der Waals surface area contributed by atoms with Gasteiger partial charge in [-0.1, -0.05) is 16.5 Å². The number of hydrogen-bond donors (Lipinski definition) is 2. The molecule has 1 amide bonds. The van der Waals surface area contributed by atoms with Gasteiger partial charge in [-0.05, 0) is 18.2 Å². The molecule has 0 unspecified atom stereocenters. The van der Waals surface area contributed by atoms with Crippen LogP contribution in [-0.4, -0.2) is 35.6 Å². The molecule has 20 heavy (non-hydrogen) atoms. The van der Waals surface area contributed by atoms with E-state index in [1.54, 1.807) is 4.89 Å². The van der Waals surface area contributed by atoms with E-state index >= 15 is 0 Å². The fourth-order valence-corrected chi connectivity index (χ4v) is 3.20. The zero-order valence-corrected chi connectivity index (χ0v) is 12.5. The lowest BCUT2D eigenvalue weighted by atomic mass is 10.4. The number of amides is 1. The summed E-state index contributed by atoms with van der Waals surface area (Å²) in [5.74, 6) is -0.885. The highest BCUT2D eigenvalue weighted by Gasteiger charge is 2.21. The largest absolute Gasteiger partial charge is 0.368 e. The van der Waals surface area contributed by atoms with E-state index in [-0.39, 0.29) is 9.92 Å². The van der Waals surface area contributed by atoms with Gasteiger partial charge < -0.3 is 5.73 Å². The molecule has 3 N–H and O–H groups in total. The van der Waals surface area contributed by atoms with Crippen molar-refractivity contribution in [2.45, 2.75) is 9.79 Å². The van der Waals surface area contributed by atoms with Crippen molar-refractivity contribution >= 4 is 37.4 Å². The third-order valence-electron chi connectivity index (χ3n) is 2.00. The van der Waals surface area contributed by atoms with Crippen LogP contribution < -0.4 is 10.6 Å². The van der Waals surface area contributed by atoms with E-state index < -0.39 is 37.3 Å². The Hall–Kier alpha value is -1.20. The van der Waals surface area contributed by atoms with Gasteiger partial charge in [-0.2, -0.15) is 0 Å². The van der Waals surface area contributed by atoms with E-state index in [1.807, 2.05) is 0 Å². The van der Waals surface area contributed by atoms with Crippen LogP contribution in [0.3, 0.4) is 0 Å². The normalized spacial score (nSPS) is 12.3. The second-order valence-electron chi connectivity index (χ2n) is 3.71. The van der Waals surface area contributed by atoms with Crippen molar-refractivity contribution in [3.63, 3.8) is 0 Å². The molecule has 0 aromatic heterocycles. The minimum Gasteiger partial charge on any atom is -0.368 e. The summed E-state index contributed by atoms with van der Waals surface area (Å²) in [5, 5.41) is -0.201. The van der Waals surface area contributed by atoms with Gasteiger partial charge in [0.1, 0.15) is 11.5 Å². The molecule has 11 heteroatoms. The van der Waals surface area contributed by atoms with Crippen molar-refractivity contribution in [2.75, 3.05) is 12.9 Å². The van der Waals surface area contributed by atoms with Crippen molar-refractivity contribution in [3.05, 3.63) is 23.2 Å². The minimum atomic E-state index is -4.25. The predicted octanol–water partition coefficient (Wildman–Crippen LogP) is -0.561. The SMILES string of the molecule is CS(=O)(=O)c1ccc(Cl)c(S(=O)(=O)NOCC(N)=O)c1. The van der Waals surface area contributed by atoms with Crippen molar-refractivity contribution in [2.24, 2.45) is 5.73 Å². The van der Waals surface area contributed by atoms with Crippen LogP contribution in [-0.2, 0) is 29.5 Å². The molecule has 0 saturated heterocycles. The number of hydrogen-bond acceptors (Lipinski definition) is 6. The molecule has 8 nitrogen and oxygen atoms in total. The number of halogens is 1. The van der Waals surface area contributed by atoms with Gasteiger partial charge in [0, 0.05) is 6.26 Å². The van der Waals surface area contributed by atoms with E-state index in [0.29, 0.717) is 0 Å². The topological polar surface area (TPSA) is 133 Å². The summed E-state index contributed by atoms with van der Waals surface area (Å²) >= 11 is 5.71. The molecule has 0 aliphatic rings. The summed E-state index contributed by atoms with van der Waals surface area (Å²) in [6.45, 7) is -0.678. The Kier molecular flexibility index (Phi) is 5.10. The highest BCUT2D eigenvalue weighted by molar-refractivity contribution is 7.91. The zero-order chi connectivity index (χ0) is 15.6. The maximum Gasteiger partial charge on any atom is 0.264 e. The van der Waals surface area contributed by atoms with E-state index in [2.05, 4.69) is 4.84 Å². The molecule has 1 aromatic carbocycles. The molecular weight excluding hydrogens is 332 g/mol. The number of carbonyl (C=O) groups excluding carboxylic acids is 1. The van der Waals surface area contributed by atoms with Gasteiger partial charge in [0.25, 0.3) is 10.0 Å². The highest BCUT2D eigenvalue weighted by Crippen LogP contribution is 2.24. The van der Waals surface area contributed by atoms with E-state index in [0.717, 1.165) is 18.4 Å². The molecule has 1 rings (SSSR count). The second-order valence-corrected chi connectivity index (χ2v) is 7.74. The Morgan fingerprint density at radius 2 is 1.95 bits per heavy atom. The van der Waals surface area contributed by atoms with E-state index in [4.69, 9.17) is 17.3 Å². The van der Waals surface area contributed by atoms with Gasteiger partial charge in [0.15, 0.2) is 9.84 Å². The molecule has 0 spiro atoms. The van der Waals surface area contributed by atoms with Crippen LogP contribution in [0.1, 0.15) is 0 Å². The molecule has 0 atom stereocenters. The molecule has 0 bridgehead atoms. The molecular formula is C9H11ClN2O6S2. The van der Waals surface area contributed by atoms with Crippen LogP contribution >= 0.6 is 11.6 Å². The Balaban J connectivity index is 3.15. The maximum absolute atomic E-state index is 11.8. The molecule has 0 heterocycles. The molecule has 0 saturated carbocycles. The predicted molar refractivity (Wildman–Crippen MR) is 70.0 cm³/mol. The molecule has 0 fully saturated rings. The van der Waals surface area contributed by atoms with Crippen molar-refractivity contribution in [3.8, 4) is 0 Å². The molecule has 0 radical (unpaired) electrons. The van der Waals surface area contributed by atoms with Gasteiger partial charge in [-0.3, -0.25) is 9.63 Å². The lowest BCUT2D eigenvalue weighted by molar-refractivity contribution is -0.123. The van der Waals surface area contributed by atoms with Crippen molar-refractivity contribution < 1.29 is 26.5 Å². The van der Waals surface area contributed by atoms with Gasteiger partial charge in [0.2, 0.25) is 5.91 Å². The average molecular weight is 343 g/mol. The number of rotatable bonds is 6. The highest BCUT2D eigenvalue weighted by atomic mass is 35.5. The lowest BCUT2D eigenvalue weighted by Gasteiger charge is -2.09. The van der Waals surface area contributed by atoms with Crippen LogP contribution in [0.2, 0.25) is 5.02 Å². The summed E-state index contributed by atoms with van der Waals surface area (Å²) in [5.41, 5.74) is 4.77. The van der Waals surface area contributed by atoms with Crippen molar-refractivity contribution in [1.29, 1.82) is 0 Å². The number of nitrogens with two attached hydrogens (primary N) is 1. The Labute approximate surface area is 120 Å². The molecule has 0 aliphatic carbocycles. The first kappa shape index (κ1) is 16.9. The summed E-state index contributed by atoms with van der Waals surface area (Å²) < 4.78 is 46.4. The minimum absolute atomic E-state index is 0.201. The van der Waals surface area contributed by atoms with E-state index in [9.17, 15) is 21.6 Å². The number of carbonyl (C=O) groups is 1.